The number of benzene rings is 1. The summed E-state index contributed by atoms with van der Waals surface area (Å²) in [5.74, 6) is 0. The van der Waals surface area contributed by atoms with Crippen molar-refractivity contribution < 1.29 is 13.2 Å². The number of aryl methyl sites for hydroxylation is 1. The number of fused-ring (bicyclic) bond motifs is 1. The van der Waals surface area contributed by atoms with Crippen molar-refractivity contribution >= 4 is 49.4 Å². The van der Waals surface area contributed by atoms with Gasteiger partial charge < -0.3 is 4.57 Å². The van der Waals surface area contributed by atoms with Crippen LogP contribution in [0, 0.1) is 3.57 Å². The Morgan fingerprint density at radius 2 is 1.94 bits per heavy atom. The van der Waals surface area contributed by atoms with E-state index in [0.717, 1.165) is 4.47 Å². The van der Waals surface area contributed by atoms with Gasteiger partial charge in [-0.3, -0.25) is 0 Å². The lowest BCUT2D eigenvalue weighted by Gasteiger charge is -2.08. The topological polar surface area (TPSA) is 4.93 Å². The van der Waals surface area contributed by atoms with Gasteiger partial charge in [-0.05, 0) is 40.8 Å². The van der Waals surface area contributed by atoms with E-state index in [9.17, 15) is 13.2 Å². The molecule has 0 unspecified atom stereocenters. The van der Waals surface area contributed by atoms with E-state index < -0.39 is 11.9 Å². The molecule has 0 fully saturated rings. The lowest BCUT2D eigenvalue weighted by molar-refractivity contribution is -0.143. The van der Waals surface area contributed by atoms with Gasteiger partial charge in [-0.25, -0.2) is 0 Å². The van der Waals surface area contributed by atoms with Crippen molar-refractivity contribution in [3.63, 3.8) is 0 Å². The van der Waals surface area contributed by atoms with Crippen molar-refractivity contribution in [2.75, 3.05) is 0 Å². The van der Waals surface area contributed by atoms with Crippen molar-refractivity contribution in [1.82, 2.24) is 4.57 Å². The molecule has 0 amide bonds. The molecule has 2 rings (SSSR count). The highest BCUT2D eigenvalue weighted by Crippen LogP contribution is 2.38. The molecule has 0 bridgehead atoms. The van der Waals surface area contributed by atoms with Gasteiger partial charge in [0.25, 0.3) is 0 Å². The van der Waals surface area contributed by atoms with E-state index in [1.807, 2.05) is 0 Å². The van der Waals surface area contributed by atoms with Gasteiger partial charge in [0.1, 0.15) is 5.69 Å². The summed E-state index contributed by atoms with van der Waals surface area (Å²) in [5, 5.41) is 0.616. The monoisotopic (exact) mass is 403 g/mol. The summed E-state index contributed by atoms with van der Waals surface area (Å²) in [6, 6.07) is 5.11. The SMILES string of the molecule is Cn1c(C(F)(F)F)c(I)c2cc(Br)ccc21. The van der Waals surface area contributed by atoms with E-state index in [-0.39, 0.29) is 3.57 Å². The number of hydrogen-bond acceptors (Lipinski definition) is 0. The first-order valence-electron chi connectivity index (χ1n) is 4.33. The van der Waals surface area contributed by atoms with Gasteiger partial charge in [0.2, 0.25) is 0 Å². The molecule has 0 radical (unpaired) electrons. The predicted octanol–water partition coefficient (Wildman–Crippen LogP) is 4.56. The van der Waals surface area contributed by atoms with Crippen LogP contribution in [0.5, 0.6) is 0 Å². The van der Waals surface area contributed by atoms with E-state index in [1.54, 1.807) is 40.8 Å². The minimum Gasteiger partial charge on any atom is -0.339 e. The normalized spacial score (nSPS) is 12.4. The molecule has 1 aromatic carbocycles. The molecule has 0 aliphatic carbocycles. The molecule has 86 valence electrons. The summed E-state index contributed by atoms with van der Waals surface area (Å²) in [7, 11) is 1.43. The van der Waals surface area contributed by atoms with Crippen molar-refractivity contribution in [2.45, 2.75) is 6.18 Å². The van der Waals surface area contributed by atoms with Gasteiger partial charge in [0.15, 0.2) is 0 Å². The molecule has 1 heterocycles. The fraction of sp³-hybridized carbons (Fsp3) is 0.200. The molecule has 2 aromatic rings. The van der Waals surface area contributed by atoms with E-state index in [0.29, 0.717) is 10.9 Å². The molecule has 0 aliphatic rings. The second-order valence-electron chi connectivity index (χ2n) is 3.38. The predicted molar refractivity (Wildman–Crippen MR) is 68.3 cm³/mol. The molecule has 0 saturated heterocycles. The Morgan fingerprint density at radius 3 is 2.50 bits per heavy atom. The van der Waals surface area contributed by atoms with E-state index in [4.69, 9.17) is 0 Å². The van der Waals surface area contributed by atoms with Gasteiger partial charge in [-0.2, -0.15) is 13.2 Å². The molecule has 0 spiro atoms. The summed E-state index contributed by atoms with van der Waals surface area (Å²) in [6.07, 6.45) is -4.32. The maximum Gasteiger partial charge on any atom is 0.432 e. The van der Waals surface area contributed by atoms with Crippen LogP contribution in [-0.2, 0) is 13.2 Å². The van der Waals surface area contributed by atoms with Gasteiger partial charge in [0, 0.05) is 22.4 Å². The van der Waals surface area contributed by atoms with Gasteiger partial charge in [-0.15, -0.1) is 0 Å². The third kappa shape index (κ3) is 1.85. The summed E-state index contributed by atoms with van der Waals surface area (Å²) in [5.41, 5.74) is -0.0128. The van der Waals surface area contributed by atoms with Gasteiger partial charge >= 0.3 is 6.18 Å². The Balaban J connectivity index is 2.87. The first kappa shape index (κ1) is 12.2. The van der Waals surface area contributed by atoms with Crippen LogP contribution in [0.1, 0.15) is 5.69 Å². The van der Waals surface area contributed by atoms with E-state index >= 15 is 0 Å². The van der Waals surface area contributed by atoms with Gasteiger partial charge in [-0.1, -0.05) is 15.9 Å². The van der Waals surface area contributed by atoms with Crippen LogP contribution in [0.2, 0.25) is 0 Å². The first-order valence-corrected chi connectivity index (χ1v) is 6.20. The summed E-state index contributed by atoms with van der Waals surface area (Å²) in [6.45, 7) is 0. The Kier molecular flexibility index (Phi) is 2.98. The zero-order valence-electron chi connectivity index (χ0n) is 8.07. The molecule has 0 aliphatic heterocycles. The fourth-order valence-corrected chi connectivity index (χ4v) is 3.15. The van der Waals surface area contributed by atoms with Crippen LogP contribution in [0.3, 0.4) is 0 Å². The van der Waals surface area contributed by atoms with E-state index in [2.05, 4.69) is 15.9 Å². The molecule has 0 saturated carbocycles. The number of rotatable bonds is 0. The van der Waals surface area contributed by atoms with Crippen LogP contribution in [0.25, 0.3) is 10.9 Å². The van der Waals surface area contributed by atoms with Crippen molar-refractivity contribution in [1.29, 1.82) is 0 Å². The molecule has 1 nitrogen and oxygen atoms in total. The largest absolute Gasteiger partial charge is 0.432 e. The summed E-state index contributed by atoms with van der Waals surface area (Å²) >= 11 is 5.00. The highest BCUT2D eigenvalue weighted by molar-refractivity contribution is 14.1. The molecule has 6 heteroatoms. The lowest BCUT2D eigenvalue weighted by atomic mass is 10.2. The average molecular weight is 404 g/mol. The van der Waals surface area contributed by atoms with Crippen LogP contribution < -0.4 is 0 Å². The zero-order valence-corrected chi connectivity index (χ0v) is 11.8. The second-order valence-corrected chi connectivity index (χ2v) is 5.38. The number of nitrogens with zero attached hydrogens (tertiary/aromatic N) is 1. The highest BCUT2D eigenvalue weighted by Gasteiger charge is 2.37. The summed E-state index contributed by atoms with van der Waals surface area (Å²) in [4.78, 5) is 0. The third-order valence-electron chi connectivity index (χ3n) is 2.37. The Morgan fingerprint density at radius 1 is 1.31 bits per heavy atom. The fourth-order valence-electron chi connectivity index (χ4n) is 1.69. The van der Waals surface area contributed by atoms with Crippen molar-refractivity contribution in [3.8, 4) is 0 Å². The molecule has 16 heavy (non-hydrogen) atoms. The Bertz CT molecular complexity index is 559. The minimum atomic E-state index is -4.32. The standard InChI is InChI=1S/C10H6BrF3IN/c1-16-7-3-2-5(11)4-6(7)8(15)9(16)10(12,13)14/h2-4H,1H3. The van der Waals surface area contributed by atoms with Crippen LogP contribution in [0.15, 0.2) is 22.7 Å². The van der Waals surface area contributed by atoms with Gasteiger partial charge in [0.05, 0.1) is 3.57 Å². The van der Waals surface area contributed by atoms with Crippen molar-refractivity contribution in [3.05, 3.63) is 31.9 Å². The molecule has 0 N–H and O–H groups in total. The van der Waals surface area contributed by atoms with Crippen molar-refractivity contribution in [2.24, 2.45) is 7.05 Å². The second kappa shape index (κ2) is 3.90. The zero-order chi connectivity index (χ0) is 12.1. The molecule has 1 aromatic heterocycles. The molecular weight excluding hydrogens is 398 g/mol. The molecular formula is C10H6BrF3IN. The number of alkyl halides is 3. The smallest absolute Gasteiger partial charge is 0.339 e. The van der Waals surface area contributed by atoms with Crippen LogP contribution in [0.4, 0.5) is 13.2 Å². The molecule has 0 atom stereocenters. The lowest BCUT2D eigenvalue weighted by Crippen LogP contribution is -2.12. The maximum atomic E-state index is 12.8. The highest BCUT2D eigenvalue weighted by atomic mass is 127. The third-order valence-corrected chi connectivity index (χ3v) is 3.95. The number of aromatic nitrogens is 1. The first-order chi connectivity index (χ1) is 7.32. The average Bonchev–Trinajstić information content (AvgIpc) is 2.38. The minimum absolute atomic E-state index is 0.240. The Labute approximate surface area is 112 Å². The Hall–Kier alpha value is -0.240. The number of halogens is 5. The number of hydrogen-bond donors (Lipinski definition) is 0. The maximum absolute atomic E-state index is 12.8. The van der Waals surface area contributed by atoms with Crippen LogP contribution in [-0.4, -0.2) is 4.57 Å². The van der Waals surface area contributed by atoms with E-state index in [1.165, 1.54) is 11.6 Å². The summed E-state index contributed by atoms with van der Waals surface area (Å²) < 4.78 is 40.6. The quantitative estimate of drug-likeness (QED) is 0.568. The van der Waals surface area contributed by atoms with Crippen LogP contribution >= 0.6 is 38.5 Å².